The van der Waals surface area contributed by atoms with E-state index in [4.69, 9.17) is 9.15 Å². The summed E-state index contributed by atoms with van der Waals surface area (Å²) in [6, 6.07) is 2.40. The van der Waals surface area contributed by atoms with Crippen molar-refractivity contribution in [3.8, 4) is 11.5 Å². The van der Waals surface area contributed by atoms with Crippen molar-refractivity contribution >= 4 is 5.97 Å². The number of ether oxygens (including phenoxy) is 2. The Balaban J connectivity index is 2.60. The molecular weight excluding hydrogens is 284 g/mol. The van der Waals surface area contributed by atoms with Crippen molar-refractivity contribution in [3.63, 3.8) is 0 Å². The summed E-state index contributed by atoms with van der Waals surface area (Å²) in [6.07, 6.45) is 0. The summed E-state index contributed by atoms with van der Waals surface area (Å²) in [5, 5.41) is 0. The van der Waals surface area contributed by atoms with Crippen LogP contribution in [0.1, 0.15) is 21.8 Å². The summed E-state index contributed by atoms with van der Waals surface area (Å²) < 4.78 is 42.5. The Morgan fingerprint density at radius 3 is 2.67 bits per heavy atom. The zero-order valence-electron chi connectivity index (χ0n) is 11.7. The molecular formula is C14H13F2NO4. The average Bonchev–Trinajstić information content (AvgIpc) is 2.87. The van der Waals surface area contributed by atoms with Crippen molar-refractivity contribution in [2.24, 2.45) is 0 Å². The number of halogens is 2. The molecule has 0 atom stereocenters. The molecule has 21 heavy (non-hydrogen) atoms. The van der Waals surface area contributed by atoms with Gasteiger partial charge in [-0.3, -0.25) is 0 Å². The first-order chi connectivity index (χ1) is 9.99. The summed E-state index contributed by atoms with van der Waals surface area (Å²) in [5.41, 5.74) is -0.0836. The van der Waals surface area contributed by atoms with E-state index in [0.717, 1.165) is 13.2 Å². The maximum Gasteiger partial charge on any atom is 0.376 e. The molecule has 0 amide bonds. The lowest BCUT2D eigenvalue weighted by atomic mass is 10.1. The van der Waals surface area contributed by atoms with Gasteiger partial charge in [0.1, 0.15) is 22.9 Å². The number of carbonyl (C=O) groups excluding carboxylic acids is 1. The predicted octanol–water partition coefficient (Wildman–Crippen LogP) is 2.86. The van der Waals surface area contributed by atoms with Crippen molar-refractivity contribution in [1.29, 1.82) is 0 Å². The van der Waals surface area contributed by atoms with Gasteiger partial charge in [-0.25, -0.2) is 18.6 Å². The molecule has 112 valence electrons. The van der Waals surface area contributed by atoms with Crippen LogP contribution in [0.25, 0.3) is 11.5 Å². The predicted molar refractivity (Wildman–Crippen MR) is 68.6 cm³/mol. The van der Waals surface area contributed by atoms with E-state index in [0.29, 0.717) is 0 Å². The maximum atomic E-state index is 14.1. The van der Waals surface area contributed by atoms with Crippen molar-refractivity contribution in [2.45, 2.75) is 13.5 Å². The van der Waals surface area contributed by atoms with E-state index in [9.17, 15) is 13.6 Å². The van der Waals surface area contributed by atoms with Gasteiger partial charge in [0.2, 0.25) is 11.7 Å². The molecule has 0 aliphatic rings. The highest BCUT2D eigenvalue weighted by molar-refractivity contribution is 5.87. The van der Waals surface area contributed by atoms with E-state index in [1.165, 1.54) is 20.1 Å². The number of carbonyl (C=O) groups is 1. The van der Waals surface area contributed by atoms with Gasteiger partial charge >= 0.3 is 5.97 Å². The molecule has 0 aliphatic heterocycles. The second-order valence-electron chi connectivity index (χ2n) is 4.27. The van der Waals surface area contributed by atoms with Gasteiger partial charge in [-0.1, -0.05) is 6.07 Å². The second-order valence-corrected chi connectivity index (χ2v) is 4.27. The second kappa shape index (κ2) is 6.01. The van der Waals surface area contributed by atoms with Crippen LogP contribution >= 0.6 is 0 Å². The highest BCUT2D eigenvalue weighted by Gasteiger charge is 2.25. The summed E-state index contributed by atoms with van der Waals surface area (Å²) in [4.78, 5) is 15.5. The zero-order valence-corrected chi connectivity index (χ0v) is 11.7. The Kier molecular flexibility index (Phi) is 4.32. The number of methoxy groups -OCH3 is 2. The molecule has 0 aliphatic carbocycles. The number of nitrogens with zero attached hydrogens (tertiary/aromatic N) is 1. The van der Waals surface area contributed by atoms with Gasteiger partial charge in [0.15, 0.2) is 0 Å². The lowest BCUT2D eigenvalue weighted by Gasteiger charge is -2.03. The van der Waals surface area contributed by atoms with Crippen LogP contribution in [0.5, 0.6) is 0 Å². The number of esters is 1. The number of rotatable bonds is 4. The summed E-state index contributed by atoms with van der Waals surface area (Å²) in [5.74, 6) is -3.00. The Hall–Kier alpha value is -2.28. The molecule has 0 saturated carbocycles. The maximum absolute atomic E-state index is 14.1. The van der Waals surface area contributed by atoms with E-state index in [1.807, 2.05) is 0 Å². The number of benzene rings is 1. The van der Waals surface area contributed by atoms with E-state index in [-0.39, 0.29) is 29.5 Å². The summed E-state index contributed by atoms with van der Waals surface area (Å²) in [7, 11) is 2.55. The van der Waals surface area contributed by atoms with Crippen LogP contribution in [0.4, 0.5) is 8.78 Å². The zero-order chi connectivity index (χ0) is 15.6. The Morgan fingerprint density at radius 2 is 2.05 bits per heavy atom. The quantitative estimate of drug-likeness (QED) is 0.812. The summed E-state index contributed by atoms with van der Waals surface area (Å²) in [6.45, 7) is 1.43. The number of oxazole rings is 1. The molecule has 0 saturated heterocycles. The number of aryl methyl sites for hydroxylation is 1. The molecule has 2 aromatic rings. The van der Waals surface area contributed by atoms with Crippen LogP contribution in [0.3, 0.4) is 0 Å². The highest BCUT2D eigenvalue weighted by atomic mass is 19.1. The topological polar surface area (TPSA) is 61.6 Å². The van der Waals surface area contributed by atoms with Crippen LogP contribution in [0, 0.1) is 18.6 Å². The van der Waals surface area contributed by atoms with E-state index >= 15 is 0 Å². The lowest BCUT2D eigenvalue weighted by molar-refractivity contribution is 0.0559. The normalized spacial score (nSPS) is 10.7. The van der Waals surface area contributed by atoms with Gasteiger partial charge in [0.05, 0.1) is 13.7 Å². The van der Waals surface area contributed by atoms with Crippen molar-refractivity contribution in [2.75, 3.05) is 14.2 Å². The molecule has 0 bridgehead atoms. The van der Waals surface area contributed by atoms with Gasteiger partial charge in [0, 0.05) is 7.11 Å². The average molecular weight is 297 g/mol. The third-order valence-corrected chi connectivity index (χ3v) is 2.85. The number of hydrogen-bond acceptors (Lipinski definition) is 5. The Labute approximate surface area is 119 Å². The minimum Gasteiger partial charge on any atom is -0.463 e. The first-order valence-electron chi connectivity index (χ1n) is 6.01. The largest absolute Gasteiger partial charge is 0.463 e. The molecule has 0 fully saturated rings. The Bertz CT molecular complexity index is 682. The Morgan fingerprint density at radius 1 is 1.33 bits per heavy atom. The van der Waals surface area contributed by atoms with Crippen LogP contribution in [-0.2, 0) is 16.1 Å². The molecule has 0 unspecified atom stereocenters. The smallest absolute Gasteiger partial charge is 0.376 e. The minimum atomic E-state index is -0.834. The summed E-state index contributed by atoms with van der Waals surface area (Å²) >= 11 is 0. The van der Waals surface area contributed by atoms with E-state index in [1.54, 1.807) is 0 Å². The molecule has 0 spiro atoms. The van der Waals surface area contributed by atoms with Gasteiger partial charge in [-0.15, -0.1) is 0 Å². The monoisotopic (exact) mass is 297 g/mol. The van der Waals surface area contributed by atoms with E-state index in [2.05, 4.69) is 9.72 Å². The van der Waals surface area contributed by atoms with Gasteiger partial charge < -0.3 is 13.9 Å². The number of hydrogen-bond donors (Lipinski definition) is 0. The SMILES string of the molecule is COCc1nc(-c2c(F)ccc(C)c2F)oc1C(=O)OC. The van der Waals surface area contributed by atoms with Crippen LogP contribution < -0.4 is 0 Å². The fourth-order valence-electron chi connectivity index (χ4n) is 1.80. The molecule has 0 N–H and O–H groups in total. The standard InChI is InChI=1S/C14H13F2NO4/c1-7-4-5-8(15)10(11(7)16)13-17-9(6-19-2)12(21-13)14(18)20-3/h4-5H,6H2,1-3H3. The van der Waals surface area contributed by atoms with Crippen LogP contribution in [0.15, 0.2) is 16.5 Å². The third kappa shape index (κ3) is 2.78. The lowest BCUT2D eigenvalue weighted by Crippen LogP contribution is -2.04. The fraction of sp³-hybridized carbons (Fsp3) is 0.286. The van der Waals surface area contributed by atoms with E-state index < -0.39 is 23.2 Å². The van der Waals surface area contributed by atoms with Gasteiger partial charge in [-0.2, -0.15) is 0 Å². The minimum absolute atomic E-state index is 0.0526. The highest BCUT2D eigenvalue weighted by Crippen LogP contribution is 2.29. The van der Waals surface area contributed by atoms with Crippen LogP contribution in [-0.4, -0.2) is 25.2 Å². The molecule has 7 heteroatoms. The molecule has 5 nitrogen and oxygen atoms in total. The van der Waals surface area contributed by atoms with Crippen molar-refractivity contribution in [3.05, 3.63) is 40.8 Å². The van der Waals surface area contributed by atoms with Crippen molar-refractivity contribution in [1.82, 2.24) is 4.98 Å². The molecule has 1 aromatic heterocycles. The molecule has 1 heterocycles. The van der Waals surface area contributed by atoms with Crippen molar-refractivity contribution < 1.29 is 27.5 Å². The van der Waals surface area contributed by atoms with Crippen LogP contribution in [0.2, 0.25) is 0 Å². The molecule has 0 radical (unpaired) electrons. The molecule has 1 aromatic carbocycles. The first kappa shape index (κ1) is 15.1. The number of aromatic nitrogens is 1. The first-order valence-corrected chi connectivity index (χ1v) is 6.01. The third-order valence-electron chi connectivity index (χ3n) is 2.85. The van der Waals surface area contributed by atoms with Gasteiger partial charge in [0.25, 0.3) is 0 Å². The fourth-order valence-corrected chi connectivity index (χ4v) is 1.80. The van der Waals surface area contributed by atoms with Gasteiger partial charge in [-0.05, 0) is 18.6 Å². The molecule has 2 rings (SSSR count).